The number of carbonyl (C=O) groups excluding carboxylic acids is 1. The van der Waals surface area contributed by atoms with E-state index in [0.717, 1.165) is 35.9 Å². The Morgan fingerprint density at radius 1 is 0.974 bits per heavy atom. The fourth-order valence-corrected chi connectivity index (χ4v) is 6.79. The van der Waals surface area contributed by atoms with Gasteiger partial charge in [0.1, 0.15) is 5.52 Å². The number of sulfonamides is 1. The zero-order chi connectivity index (χ0) is 27.1. The molecule has 0 saturated heterocycles. The minimum absolute atomic E-state index is 0.187. The summed E-state index contributed by atoms with van der Waals surface area (Å²) >= 11 is 7.73. The van der Waals surface area contributed by atoms with Gasteiger partial charge in [-0.3, -0.25) is 14.7 Å². The Morgan fingerprint density at radius 3 is 2.29 bits per heavy atom. The predicted octanol–water partition coefficient (Wildman–Crippen LogP) is 6.78. The smallest absolute Gasteiger partial charge is 0.260 e. The quantitative estimate of drug-likeness (QED) is 0.187. The molecule has 0 fully saturated rings. The van der Waals surface area contributed by atoms with Gasteiger partial charge in [0.15, 0.2) is 5.13 Å². The molecule has 10 heteroatoms. The van der Waals surface area contributed by atoms with Crippen molar-refractivity contribution in [3.8, 4) is 0 Å². The maximum absolute atomic E-state index is 13.8. The van der Waals surface area contributed by atoms with Gasteiger partial charge < -0.3 is 0 Å². The highest BCUT2D eigenvalue weighted by atomic mass is 35.5. The fourth-order valence-electron chi connectivity index (χ4n) is 4.01. The van der Waals surface area contributed by atoms with Crippen molar-refractivity contribution in [2.24, 2.45) is 0 Å². The van der Waals surface area contributed by atoms with E-state index in [1.165, 1.54) is 23.5 Å². The van der Waals surface area contributed by atoms with Gasteiger partial charge in [-0.25, -0.2) is 13.4 Å². The summed E-state index contributed by atoms with van der Waals surface area (Å²) in [5.41, 5.74) is 1.85. The molecule has 0 unspecified atom stereocenters. The maximum Gasteiger partial charge on any atom is 0.260 e. The standard InChI is InChI=1S/C28H31ClN4O3S2/c1-3-5-17-32(18-6-4-2)38(35,36)23-14-12-22(13-15-23)27(34)33(20-21-9-8-16-30-19-21)28-31-26-24(29)10-7-11-25(26)37-28/h7-16,19H,3-6,17-18,20H2,1-2H3. The van der Waals surface area contributed by atoms with Gasteiger partial charge in [-0.2, -0.15) is 4.31 Å². The van der Waals surface area contributed by atoms with Gasteiger partial charge >= 0.3 is 0 Å². The van der Waals surface area contributed by atoms with Crippen molar-refractivity contribution < 1.29 is 13.2 Å². The highest BCUT2D eigenvalue weighted by Crippen LogP contribution is 2.34. The van der Waals surface area contributed by atoms with Gasteiger partial charge in [-0.15, -0.1) is 0 Å². The number of hydrogen-bond acceptors (Lipinski definition) is 6. The second-order valence-corrected chi connectivity index (χ2v) is 12.3. The first kappa shape index (κ1) is 28.2. The lowest BCUT2D eigenvalue weighted by molar-refractivity contribution is 0.0985. The molecule has 1 amide bonds. The summed E-state index contributed by atoms with van der Waals surface area (Å²) in [6.07, 6.45) is 6.81. The third kappa shape index (κ3) is 6.40. The molecule has 0 spiro atoms. The Labute approximate surface area is 233 Å². The van der Waals surface area contributed by atoms with Crippen LogP contribution < -0.4 is 4.90 Å². The van der Waals surface area contributed by atoms with E-state index in [1.807, 2.05) is 38.1 Å². The Bertz CT molecular complexity index is 1470. The molecule has 0 N–H and O–H groups in total. The molecule has 0 aliphatic heterocycles. The van der Waals surface area contributed by atoms with E-state index in [9.17, 15) is 13.2 Å². The van der Waals surface area contributed by atoms with Crippen LogP contribution in [0.3, 0.4) is 0 Å². The van der Waals surface area contributed by atoms with Gasteiger partial charge in [-0.1, -0.05) is 61.8 Å². The van der Waals surface area contributed by atoms with Crippen molar-refractivity contribution >= 4 is 54.2 Å². The first-order chi connectivity index (χ1) is 18.3. The Kier molecular flexibility index (Phi) is 9.49. The van der Waals surface area contributed by atoms with E-state index < -0.39 is 10.0 Å². The van der Waals surface area contributed by atoms with Crippen molar-refractivity contribution in [2.45, 2.75) is 51.0 Å². The zero-order valence-electron chi connectivity index (χ0n) is 21.5. The molecule has 2 aromatic carbocycles. The van der Waals surface area contributed by atoms with Gasteiger partial charge in [0.05, 0.1) is 21.2 Å². The van der Waals surface area contributed by atoms with Crippen LogP contribution in [0.15, 0.2) is 71.9 Å². The summed E-state index contributed by atoms with van der Waals surface area (Å²) in [5, 5.41) is 1.02. The van der Waals surface area contributed by atoms with Crippen molar-refractivity contribution in [3.05, 3.63) is 83.1 Å². The van der Waals surface area contributed by atoms with Crippen LogP contribution in [0.25, 0.3) is 10.2 Å². The topological polar surface area (TPSA) is 83.5 Å². The summed E-state index contributed by atoms with van der Waals surface area (Å²) in [4.78, 5) is 24.4. The monoisotopic (exact) mass is 570 g/mol. The summed E-state index contributed by atoms with van der Waals surface area (Å²) in [6, 6.07) is 15.4. The number of thiazole rings is 1. The number of amides is 1. The SMILES string of the molecule is CCCCN(CCCC)S(=O)(=O)c1ccc(C(=O)N(Cc2cccnc2)c2nc3c(Cl)cccc3s2)cc1. The molecule has 0 radical (unpaired) electrons. The highest BCUT2D eigenvalue weighted by Gasteiger charge is 2.26. The van der Waals surface area contributed by atoms with Crippen LogP contribution in [0, 0.1) is 0 Å². The zero-order valence-corrected chi connectivity index (χ0v) is 23.9. The Hall–Kier alpha value is -2.85. The minimum Gasteiger partial charge on any atom is -0.279 e. The van der Waals surface area contributed by atoms with E-state index in [1.54, 1.807) is 39.8 Å². The molecular formula is C28H31ClN4O3S2. The predicted molar refractivity (Wildman–Crippen MR) is 154 cm³/mol. The molecule has 2 aromatic heterocycles. The molecule has 2 heterocycles. The number of halogens is 1. The molecule has 200 valence electrons. The van der Waals surface area contributed by atoms with Gasteiger partial charge in [0, 0.05) is 31.0 Å². The lowest BCUT2D eigenvalue weighted by Gasteiger charge is -2.22. The molecule has 4 rings (SSSR count). The number of fused-ring (bicyclic) bond motifs is 1. The summed E-state index contributed by atoms with van der Waals surface area (Å²) in [6.45, 7) is 5.31. The van der Waals surface area contributed by atoms with E-state index in [4.69, 9.17) is 11.6 Å². The second kappa shape index (κ2) is 12.8. The van der Waals surface area contributed by atoms with E-state index in [-0.39, 0.29) is 17.3 Å². The van der Waals surface area contributed by atoms with E-state index in [0.29, 0.717) is 34.3 Å². The van der Waals surface area contributed by atoms with Crippen molar-refractivity contribution in [3.63, 3.8) is 0 Å². The molecule has 38 heavy (non-hydrogen) atoms. The Balaban J connectivity index is 1.65. The number of aromatic nitrogens is 2. The number of rotatable bonds is 12. The Morgan fingerprint density at radius 2 is 1.68 bits per heavy atom. The molecular weight excluding hydrogens is 540 g/mol. The average molecular weight is 571 g/mol. The van der Waals surface area contributed by atoms with Crippen LogP contribution >= 0.6 is 22.9 Å². The molecule has 0 aliphatic carbocycles. The van der Waals surface area contributed by atoms with E-state index >= 15 is 0 Å². The molecule has 0 aliphatic rings. The largest absolute Gasteiger partial charge is 0.279 e. The molecule has 4 aromatic rings. The molecule has 0 bridgehead atoms. The number of unbranched alkanes of at least 4 members (excludes halogenated alkanes) is 2. The number of nitrogens with zero attached hydrogens (tertiary/aromatic N) is 4. The third-order valence-electron chi connectivity index (χ3n) is 6.16. The van der Waals surface area contributed by atoms with Gasteiger partial charge in [-0.05, 0) is 60.9 Å². The number of benzene rings is 2. The number of hydrogen-bond donors (Lipinski definition) is 0. The van der Waals surface area contributed by atoms with Crippen molar-refractivity contribution in [1.82, 2.24) is 14.3 Å². The van der Waals surface area contributed by atoms with Crippen LogP contribution in [0.1, 0.15) is 55.5 Å². The highest BCUT2D eigenvalue weighted by molar-refractivity contribution is 7.89. The maximum atomic E-state index is 13.8. The van der Waals surface area contributed by atoms with E-state index in [2.05, 4.69) is 9.97 Å². The average Bonchev–Trinajstić information content (AvgIpc) is 3.37. The molecule has 0 atom stereocenters. The van der Waals surface area contributed by atoms with Crippen LogP contribution in [-0.2, 0) is 16.6 Å². The van der Waals surface area contributed by atoms with Crippen LogP contribution in [0.2, 0.25) is 5.02 Å². The summed E-state index contributed by atoms with van der Waals surface area (Å²) in [5.74, 6) is -0.290. The van der Waals surface area contributed by atoms with Gasteiger partial charge in [0.25, 0.3) is 5.91 Å². The van der Waals surface area contributed by atoms with Gasteiger partial charge in [0.2, 0.25) is 10.0 Å². The lowest BCUT2D eigenvalue weighted by atomic mass is 10.2. The van der Waals surface area contributed by atoms with Crippen molar-refractivity contribution in [2.75, 3.05) is 18.0 Å². The van der Waals surface area contributed by atoms with Crippen LogP contribution in [0.5, 0.6) is 0 Å². The molecule has 7 nitrogen and oxygen atoms in total. The third-order valence-corrected chi connectivity index (χ3v) is 9.42. The summed E-state index contributed by atoms with van der Waals surface area (Å²) in [7, 11) is -3.66. The lowest BCUT2D eigenvalue weighted by Crippen LogP contribution is -2.33. The van der Waals surface area contributed by atoms with Crippen molar-refractivity contribution in [1.29, 1.82) is 0 Å². The fraction of sp³-hybridized carbons (Fsp3) is 0.321. The normalized spacial score (nSPS) is 11.8. The first-order valence-electron chi connectivity index (χ1n) is 12.7. The van der Waals surface area contributed by atoms with Crippen LogP contribution in [-0.4, -0.2) is 41.7 Å². The number of pyridine rings is 1. The molecule has 0 saturated carbocycles. The minimum atomic E-state index is -3.66. The second-order valence-electron chi connectivity index (χ2n) is 8.97. The van der Waals surface area contributed by atoms with Crippen LogP contribution in [0.4, 0.5) is 5.13 Å². The number of para-hydroxylation sites is 1. The number of carbonyl (C=O) groups is 1. The summed E-state index contributed by atoms with van der Waals surface area (Å²) < 4.78 is 29.1. The number of anilines is 1. The first-order valence-corrected chi connectivity index (χ1v) is 15.3.